The van der Waals surface area contributed by atoms with Gasteiger partial charge in [-0.1, -0.05) is 154 Å². The molecule has 0 rings (SSSR count). The van der Waals surface area contributed by atoms with Gasteiger partial charge in [-0.2, -0.15) is 0 Å². The molecule has 51 heavy (non-hydrogen) atoms. The molecule has 0 aromatic carbocycles. The first-order chi connectivity index (χ1) is 24.6. The predicted octanol–water partition coefficient (Wildman–Crippen LogP) is 12.0. The Hall–Kier alpha value is -1.02. The van der Waals surface area contributed by atoms with Crippen LogP contribution >= 0.6 is 7.82 Å². The van der Waals surface area contributed by atoms with E-state index < -0.39 is 13.9 Å². The summed E-state index contributed by atoms with van der Waals surface area (Å²) >= 11 is 0. The van der Waals surface area contributed by atoms with Gasteiger partial charge in [0.1, 0.15) is 19.3 Å². The summed E-state index contributed by atoms with van der Waals surface area (Å²) in [5, 5.41) is 0. The summed E-state index contributed by atoms with van der Waals surface area (Å²) in [4.78, 5) is 22.4. The second-order valence-corrected chi connectivity index (χ2v) is 16.8. The topological polar surface area (TPSA) is 91.3 Å². The number of rotatable bonds is 39. The summed E-state index contributed by atoms with van der Waals surface area (Å²) in [7, 11) is 1.67. The largest absolute Gasteiger partial charge is 0.472 e. The third-order valence-corrected chi connectivity index (χ3v) is 10.00. The van der Waals surface area contributed by atoms with Crippen LogP contribution in [-0.2, 0) is 27.9 Å². The molecule has 2 atom stereocenters. The molecule has 0 aliphatic carbocycles. The van der Waals surface area contributed by atoms with Crippen LogP contribution in [0.2, 0.25) is 0 Å². The van der Waals surface area contributed by atoms with Crippen molar-refractivity contribution >= 4 is 13.8 Å². The summed E-state index contributed by atoms with van der Waals surface area (Å²) < 4.78 is 34.5. The molecular formula is C42H83NO7P+. The minimum absolute atomic E-state index is 0.0894. The number of esters is 1. The van der Waals surface area contributed by atoms with Gasteiger partial charge < -0.3 is 18.9 Å². The molecule has 0 heterocycles. The first kappa shape index (κ1) is 50.0. The highest BCUT2D eigenvalue weighted by Crippen LogP contribution is 2.43. The zero-order chi connectivity index (χ0) is 37.7. The fraction of sp³-hybridized carbons (Fsp3) is 0.881. The van der Waals surface area contributed by atoms with E-state index in [1.165, 1.54) is 122 Å². The number of carbonyl (C=O) groups excluding carboxylic acids is 1. The first-order valence-electron chi connectivity index (χ1n) is 21.1. The Labute approximate surface area is 315 Å². The van der Waals surface area contributed by atoms with Crippen molar-refractivity contribution in [3.8, 4) is 0 Å². The van der Waals surface area contributed by atoms with Crippen LogP contribution in [0.15, 0.2) is 24.3 Å². The summed E-state index contributed by atoms with van der Waals surface area (Å²) in [5.41, 5.74) is 0. The zero-order valence-electron chi connectivity index (χ0n) is 34.1. The molecule has 0 aliphatic heterocycles. The molecule has 8 nitrogen and oxygen atoms in total. The van der Waals surface area contributed by atoms with Gasteiger partial charge in [-0.05, 0) is 44.9 Å². The van der Waals surface area contributed by atoms with Crippen molar-refractivity contribution < 1.29 is 37.3 Å². The quantitative estimate of drug-likeness (QED) is 0.0220. The molecule has 0 bridgehead atoms. The number of phosphoric acid groups is 1. The van der Waals surface area contributed by atoms with E-state index in [0.29, 0.717) is 24.1 Å². The van der Waals surface area contributed by atoms with E-state index in [0.717, 1.165) is 38.5 Å². The van der Waals surface area contributed by atoms with E-state index >= 15 is 0 Å². The van der Waals surface area contributed by atoms with Crippen molar-refractivity contribution in [1.29, 1.82) is 0 Å². The number of unbranched alkanes of at least 4 members (excludes halogenated alkanes) is 21. The van der Waals surface area contributed by atoms with E-state index in [9.17, 15) is 14.3 Å². The summed E-state index contributed by atoms with van der Waals surface area (Å²) in [6.07, 6.45) is 40.2. The lowest BCUT2D eigenvalue weighted by atomic mass is 10.0. The molecule has 2 unspecified atom stereocenters. The average Bonchev–Trinajstić information content (AvgIpc) is 3.07. The smallest absolute Gasteiger partial charge is 0.457 e. The minimum Gasteiger partial charge on any atom is -0.457 e. The second-order valence-electron chi connectivity index (χ2n) is 15.4. The maximum absolute atomic E-state index is 12.3. The van der Waals surface area contributed by atoms with E-state index in [1.54, 1.807) is 0 Å². The van der Waals surface area contributed by atoms with E-state index in [1.807, 2.05) is 21.1 Å². The van der Waals surface area contributed by atoms with Crippen LogP contribution in [-0.4, -0.2) is 75.6 Å². The van der Waals surface area contributed by atoms with Crippen LogP contribution in [0.5, 0.6) is 0 Å². The third-order valence-electron chi connectivity index (χ3n) is 9.02. The van der Waals surface area contributed by atoms with Gasteiger partial charge in [0.15, 0.2) is 0 Å². The molecule has 9 heteroatoms. The van der Waals surface area contributed by atoms with Crippen LogP contribution in [0.25, 0.3) is 0 Å². The Morgan fingerprint density at radius 3 is 1.59 bits per heavy atom. The Kier molecular flexibility index (Phi) is 35.3. The SMILES string of the molecule is CCCCCCC/C=C\C/C=C\CCCCCCCCCCCCCCCCOCC(COP(=O)(O)OCC[N+](C)(C)C)OC(=O)CCCCC. The number of carbonyl (C=O) groups is 1. The summed E-state index contributed by atoms with van der Waals surface area (Å²) in [5.74, 6) is -0.337. The minimum atomic E-state index is -4.25. The number of likely N-dealkylation sites (N-methyl/N-ethyl adjacent to an activating group) is 1. The van der Waals surface area contributed by atoms with Crippen molar-refractivity contribution in [2.45, 2.75) is 187 Å². The molecule has 0 fully saturated rings. The molecule has 0 spiro atoms. The summed E-state index contributed by atoms with van der Waals surface area (Å²) in [6, 6.07) is 0. The standard InChI is InChI=1S/C42H82NO7P/c1-6-8-10-11-12-13-14-15-16-17-18-19-20-21-22-23-24-25-26-27-28-29-30-31-32-34-37-47-39-41(50-42(44)35-33-9-7-2)40-49-51(45,46)48-38-36-43(3,4)5/h14-15,17-18,41H,6-13,16,19-40H2,1-5H3/p+1/b15-14-,18-17-. The number of phosphoric ester groups is 1. The molecule has 0 saturated carbocycles. The fourth-order valence-corrected chi connectivity index (χ4v) is 6.44. The highest BCUT2D eigenvalue weighted by molar-refractivity contribution is 7.47. The van der Waals surface area contributed by atoms with E-state index in [2.05, 4.69) is 38.2 Å². The van der Waals surface area contributed by atoms with Gasteiger partial charge in [0, 0.05) is 13.0 Å². The van der Waals surface area contributed by atoms with Crippen LogP contribution < -0.4 is 0 Å². The predicted molar refractivity (Wildman–Crippen MR) is 215 cm³/mol. The average molecular weight is 745 g/mol. The number of hydrogen-bond donors (Lipinski definition) is 1. The van der Waals surface area contributed by atoms with Gasteiger partial charge in [0.25, 0.3) is 0 Å². The van der Waals surface area contributed by atoms with E-state index in [-0.39, 0.29) is 25.8 Å². The molecular weight excluding hydrogens is 661 g/mol. The zero-order valence-corrected chi connectivity index (χ0v) is 35.0. The number of hydrogen-bond acceptors (Lipinski definition) is 6. The lowest BCUT2D eigenvalue weighted by molar-refractivity contribution is -0.870. The van der Waals surface area contributed by atoms with Crippen molar-refractivity contribution in [1.82, 2.24) is 0 Å². The molecule has 0 amide bonds. The van der Waals surface area contributed by atoms with Crippen molar-refractivity contribution in [2.24, 2.45) is 0 Å². The molecule has 0 radical (unpaired) electrons. The van der Waals surface area contributed by atoms with Gasteiger partial charge in [-0.25, -0.2) is 4.57 Å². The lowest BCUT2D eigenvalue weighted by Gasteiger charge is -2.24. The van der Waals surface area contributed by atoms with Gasteiger partial charge in [0.05, 0.1) is 34.4 Å². The molecule has 302 valence electrons. The van der Waals surface area contributed by atoms with E-state index in [4.69, 9.17) is 18.5 Å². The number of allylic oxidation sites excluding steroid dienone is 4. The molecule has 0 aliphatic rings. The monoisotopic (exact) mass is 745 g/mol. The van der Waals surface area contributed by atoms with Crippen LogP contribution in [0, 0.1) is 0 Å². The number of quaternary nitrogens is 1. The van der Waals surface area contributed by atoms with Crippen LogP contribution in [0.4, 0.5) is 0 Å². The number of nitrogens with zero attached hydrogens (tertiary/aromatic N) is 1. The van der Waals surface area contributed by atoms with Gasteiger partial charge in [-0.3, -0.25) is 13.8 Å². The maximum Gasteiger partial charge on any atom is 0.472 e. The maximum atomic E-state index is 12.3. The van der Waals surface area contributed by atoms with Gasteiger partial charge >= 0.3 is 13.8 Å². The second kappa shape index (κ2) is 36.0. The third kappa shape index (κ3) is 40.0. The molecule has 0 aromatic rings. The Balaban J connectivity index is 3.79. The first-order valence-corrected chi connectivity index (χ1v) is 22.6. The van der Waals surface area contributed by atoms with Crippen molar-refractivity contribution in [3.05, 3.63) is 24.3 Å². The summed E-state index contributed by atoms with van der Waals surface area (Å²) in [6.45, 7) is 5.45. The van der Waals surface area contributed by atoms with Gasteiger partial charge in [-0.15, -0.1) is 0 Å². The Morgan fingerprint density at radius 2 is 1.08 bits per heavy atom. The lowest BCUT2D eigenvalue weighted by Crippen LogP contribution is -2.37. The Bertz CT molecular complexity index is 874. The number of ether oxygens (including phenoxy) is 2. The highest BCUT2D eigenvalue weighted by Gasteiger charge is 2.26. The normalized spacial score (nSPS) is 14.1. The Morgan fingerprint density at radius 1 is 0.608 bits per heavy atom. The van der Waals surface area contributed by atoms with Gasteiger partial charge in [0.2, 0.25) is 0 Å². The molecule has 1 N–H and O–H groups in total. The molecule has 0 aromatic heterocycles. The molecule has 0 saturated heterocycles. The highest BCUT2D eigenvalue weighted by atomic mass is 31.2. The van der Waals surface area contributed by atoms with Crippen LogP contribution in [0.3, 0.4) is 0 Å². The van der Waals surface area contributed by atoms with Crippen LogP contribution in [0.1, 0.15) is 181 Å². The fourth-order valence-electron chi connectivity index (χ4n) is 5.70. The van der Waals surface area contributed by atoms with Crippen molar-refractivity contribution in [3.63, 3.8) is 0 Å². The van der Waals surface area contributed by atoms with Crippen molar-refractivity contribution in [2.75, 3.05) is 54.1 Å².